The van der Waals surface area contributed by atoms with Crippen molar-refractivity contribution in [3.8, 4) is 0 Å². The predicted octanol–water partition coefficient (Wildman–Crippen LogP) is 2.31. The third-order valence-electron chi connectivity index (χ3n) is 2.66. The first-order valence-electron chi connectivity index (χ1n) is 5.38. The molecule has 0 spiro atoms. The van der Waals surface area contributed by atoms with Gasteiger partial charge < -0.3 is 5.11 Å². The Kier molecular flexibility index (Phi) is 3.30. The lowest BCUT2D eigenvalue weighted by atomic mass is 9.98. The molecule has 17 heavy (non-hydrogen) atoms. The average Bonchev–Trinajstić information content (AvgIpc) is 2.39. The zero-order chi connectivity index (χ0) is 12.3. The van der Waals surface area contributed by atoms with Crippen LogP contribution in [0.4, 0.5) is 0 Å². The van der Waals surface area contributed by atoms with Gasteiger partial charge in [-0.3, -0.25) is 9.78 Å². The van der Waals surface area contributed by atoms with E-state index in [2.05, 4.69) is 4.98 Å². The highest BCUT2D eigenvalue weighted by Crippen LogP contribution is 2.19. The van der Waals surface area contributed by atoms with Gasteiger partial charge in [0.2, 0.25) is 0 Å². The molecule has 0 radical (unpaired) electrons. The number of Topliss-reactive ketones (excluding diaryl/α,β-unsaturated/α-hetero) is 1. The molecule has 1 heterocycles. The maximum Gasteiger partial charge on any atom is 0.196 e. The lowest BCUT2D eigenvalue weighted by Gasteiger charge is -2.11. The van der Waals surface area contributed by atoms with Crippen LogP contribution in [0.5, 0.6) is 0 Å². The molecule has 2 aromatic rings. The van der Waals surface area contributed by atoms with Crippen molar-refractivity contribution in [1.29, 1.82) is 0 Å². The number of carbonyl (C=O) groups is 1. The zero-order valence-electron chi connectivity index (χ0n) is 9.50. The summed E-state index contributed by atoms with van der Waals surface area (Å²) >= 11 is 0. The second-order valence-corrected chi connectivity index (χ2v) is 3.87. The molecule has 0 fully saturated rings. The van der Waals surface area contributed by atoms with Gasteiger partial charge in [-0.25, -0.2) is 0 Å². The third kappa shape index (κ3) is 2.40. The number of pyridine rings is 1. The second kappa shape index (κ2) is 4.89. The van der Waals surface area contributed by atoms with Crippen LogP contribution < -0.4 is 0 Å². The SMILES string of the molecule is Cc1ccccc1C(=O)C(O)c1cccnc1. The van der Waals surface area contributed by atoms with Crippen molar-refractivity contribution in [3.05, 3.63) is 65.5 Å². The largest absolute Gasteiger partial charge is 0.380 e. The quantitative estimate of drug-likeness (QED) is 0.818. The van der Waals surface area contributed by atoms with E-state index < -0.39 is 6.10 Å². The van der Waals surface area contributed by atoms with Gasteiger partial charge in [0.25, 0.3) is 0 Å². The lowest BCUT2D eigenvalue weighted by Crippen LogP contribution is -2.13. The third-order valence-corrected chi connectivity index (χ3v) is 2.66. The number of aliphatic hydroxyl groups is 1. The smallest absolute Gasteiger partial charge is 0.196 e. The van der Waals surface area contributed by atoms with E-state index in [4.69, 9.17) is 0 Å². The summed E-state index contributed by atoms with van der Waals surface area (Å²) in [4.78, 5) is 16.0. The molecule has 1 aromatic carbocycles. The Morgan fingerprint density at radius 2 is 2.00 bits per heavy atom. The molecule has 1 aromatic heterocycles. The summed E-state index contributed by atoms with van der Waals surface area (Å²) in [5.41, 5.74) is 1.92. The standard InChI is InChI=1S/C14H13NO2/c1-10-5-2-3-7-12(10)14(17)13(16)11-6-4-8-15-9-11/h2-9,13,16H,1H3. The summed E-state index contributed by atoms with van der Waals surface area (Å²) in [6.45, 7) is 1.85. The highest BCUT2D eigenvalue weighted by atomic mass is 16.3. The number of carbonyl (C=O) groups excluding carboxylic acids is 1. The molecule has 2 rings (SSSR count). The molecular formula is C14H13NO2. The van der Waals surface area contributed by atoms with Crippen molar-refractivity contribution >= 4 is 5.78 Å². The van der Waals surface area contributed by atoms with Crippen LogP contribution in [-0.2, 0) is 0 Å². The van der Waals surface area contributed by atoms with Gasteiger partial charge >= 0.3 is 0 Å². The number of ketones is 1. The van der Waals surface area contributed by atoms with Crippen LogP contribution in [0.25, 0.3) is 0 Å². The van der Waals surface area contributed by atoms with Crippen LogP contribution >= 0.6 is 0 Å². The van der Waals surface area contributed by atoms with Crippen molar-refractivity contribution in [2.24, 2.45) is 0 Å². The van der Waals surface area contributed by atoms with Gasteiger partial charge in [0, 0.05) is 23.5 Å². The minimum absolute atomic E-state index is 0.295. The fourth-order valence-corrected chi connectivity index (χ4v) is 1.69. The molecule has 0 aliphatic rings. The normalized spacial score (nSPS) is 12.1. The molecule has 0 saturated carbocycles. The van der Waals surface area contributed by atoms with Gasteiger partial charge in [0.05, 0.1) is 0 Å². The summed E-state index contributed by atoms with van der Waals surface area (Å²) in [5, 5.41) is 9.98. The van der Waals surface area contributed by atoms with Gasteiger partial charge in [0.1, 0.15) is 6.10 Å². The first kappa shape index (κ1) is 11.5. The molecule has 1 unspecified atom stereocenters. The highest BCUT2D eigenvalue weighted by Gasteiger charge is 2.20. The molecule has 0 amide bonds. The zero-order valence-corrected chi connectivity index (χ0v) is 9.50. The maximum atomic E-state index is 12.1. The molecule has 1 atom stereocenters. The van der Waals surface area contributed by atoms with Crippen molar-refractivity contribution in [2.75, 3.05) is 0 Å². The fraction of sp³-hybridized carbons (Fsp3) is 0.143. The summed E-state index contributed by atoms with van der Waals surface area (Å²) in [5.74, 6) is -0.295. The van der Waals surface area contributed by atoms with Crippen LogP contribution in [0.1, 0.15) is 27.6 Å². The van der Waals surface area contributed by atoms with E-state index in [9.17, 15) is 9.90 Å². The van der Waals surface area contributed by atoms with Crippen molar-refractivity contribution < 1.29 is 9.90 Å². The summed E-state index contributed by atoms with van der Waals surface area (Å²) in [6.07, 6.45) is 1.96. The molecule has 0 aliphatic heterocycles. The van der Waals surface area contributed by atoms with Crippen LogP contribution in [-0.4, -0.2) is 15.9 Å². The lowest BCUT2D eigenvalue weighted by molar-refractivity contribution is 0.0746. The van der Waals surface area contributed by atoms with Gasteiger partial charge in [-0.05, 0) is 18.6 Å². The summed E-state index contributed by atoms with van der Waals surface area (Å²) in [7, 11) is 0. The van der Waals surface area contributed by atoms with Gasteiger partial charge in [-0.15, -0.1) is 0 Å². The summed E-state index contributed by atoms with van der Waals surface area (Å²) < 4.78 is 0. The fourth-order valence-electron chi connectivity index (χ4n) is 1.69. The van der Waals surface area contributed by atoms with Crippen molar-refractivity contribution in [1.82, 2.24) is 4.98 Å². The minimum Gasteiger partial charge on any atom is -0.380 e. The topological polar surface area (TPSA) is 50.2 Å². The first-order valence-corrected chi connectivity index (χ1v) is 5.38. The van der Waals surface area contributed by atoms with Crippen LogP contribution in [0.2, 0.25) is 0 Å². The van der Waals surface area contributed by atoms with E-state index >= 15 is 0 Å². The van der Waals surface area contributed by atoms with Crippen molar-refractivity contribution in [2.45, 2.75) is 13.0 Å². The number of hydrogen-bond acceptors (Lipinski definition) is 3. The van der Waals surface area contributed by atoms with E-state index in [-0.39, 0.29) is 5.78 Å². The Hall–Kier alpha value is -2.00. The number of aliphatic hydroxyl groups excluding tert-OH is 1. The van der Waals surface area contributed by atoms with E-state index in [1.165, 1.54) is 6.20 Å². The number of nitrogens with zero attached hydrogens (tertiary/aromatic N) is 1. The number of aryl methyl sites for hydroxylation is 1. The van der Waals surface area contributed by atoms with Gasteiger partial charge in [-0.1, -0.05) is 30.3 Å². The molecule has 0 bridgehead atoms. The molecule has 1 N–H and O–H groups in total. The average molecular weight is 227 g/mol. The Morgan fingerprint density at radius 3 is 2.65 bits per heavy atom. The van der Waals surface area contributed by atoms with E-state index in [1.54, 1.807) is 30.5 Å². The van der Waals surface area contributed by atoms with Gasteiger partial charge in [0.15, 0.2) is 5.78 Å². The number of aromatic nitrogens is 1. The predicted molar refractivity (Wildman–Crippen MR) is 64.7 cm³/mol. The number of benzene rings is 1. The maximum absolute atomic E-state index is 12.1. The van der Waals surface area contributed by atoms with E-state index in [0.29, 0.717) is 11.1 Å². The molecule has 3 nitrogen and oxygen atoms in total. The second-order valence-electron chi connectivity index (χ2n) is 3.87. The van der Waals surface area contributed by atoms with Crippen LogP contribution in [0, 0.1) is 6.92 Å². The Labute approximate surface area is 99.8 Å². The minimum atomic E-state index is -1.15. The van der Waals surface area contributed by atoms with Gasteiger partial charge in [-0.2, -0.15) is 0 Å². The van der Waals surface area contributed by atoms with E-state index in [1.807, 2.05) is 19.1 Å². The Balaban J connectivity index is 2.30. The Morgan fingerprint density at radius 1 is 1.24 bits per heavy atom. The summed E-state index contributed by atoms with van der Waals surface area (Å²) in [6, 6.07) is 10.6. The molecule has 0 aliphatic carbocycles. The van der Waals surface area contributed by atoms with Crippen LogP contribution in [0.15, 0.2) is 48.8 Å². The molecule has 86 valence electrons. The first-order chi connectivity index (χ1) is 8.20. The highest BCUT2D eigenvalue weighted by molar-refractivity contribution is 6.00. The molecule has 3 heteroatoms. The monoisotopic (exact) mass is 227 g/mol. The number of hydrogen-bond donors (Lipinski definition) is 1. The Bertz CT molecular complexity index is 523. The number of rotatable bonds is 3. The van der Waals surface area contributed by atoms with Crippen molar-refractivity contribution in [3.63, 3.8) is 0 Å². The molecular weight excluding hydrogens is 214 g/mol. The van der Waals surface area contributed by atoms with Crippen LogP contribution in [0.3, 0.4) is 0 Å². The van der Waals surface area contributed by atoms with E-state index in [0.717, 1.165) is 5.56 Å². The molecule has 0 saturated heterocycles.